The Morgan fingerprint density at radius 2 is 2.00 bits per heavy atom. The lowest BCUT2D eigenvalue weighted by atomic mass is 9.84. The Hall–Kier alpha value is -2.73. The van der Waals surface area contributed by atoms with Gasteiger partial charge in [-0.15, -0.1) is 0 Å². The summed E-state index contributed by atoms with van der Waals surface area (Å²) in [7, 11) is 0. The minimum Gasteiger partial charge on any atom is -0.478 e. The number of nitrogens with zero attached hydrogens (tertiary/aromatic N) is 1. The quantitative estimate of drug-likeness (QED) is 0.362. The molecule has 3 N–H and O–H groups in total. The van der Waals surface area contributed by atoms with E-state index < -0.39 is 11.6 Å². The van der Waals surface area contributed by atoms with Crippen molar-refractivity contribution in [2.45, 2.75) is 77.7 Å². The van der Waals surface area contributed by atoms with Crippen molar-refractivity contribution in [3.63, 3.8) is 0 Å². The first kappa shape index (κ1) is 24.9. The Kier molecular flexibility index (Phi) is 7.90. The van der Waals surface area contributed by atoms with Gasteiger partial charge in [0.05, 0.1) is 17.0 Å². The van der Waals surface area contributed by atoms with Crippen LogP contribution in [-0.2, 0) is 0 Å². The Morgan fingerprint density at radius 3 is 2.61 bits per heavy atom. The van der Waals surface area contributed by atoms with Crippen LogP contribution in [0.2, 0.25) is 0 Å². The van der Waals surface area contributed by atoms with Crippen LogP contribution in [0, 0.1) is 5.92 Å². The molecule has 1 saturated carbocycles. The van der Waals surface area contributed by atoms with Crippen LogP contribution in [0.1, 0.15) is 88.2 Å². The second-order valence-electron chi connectivity index (χ2n) is 9.51. The van der Waals surface area contributed by atoms with E-state index in [0.717, 1.165) is 41.5 Å². The number of carboxylic acid groups (broad SMARTS) is 1. The fourth-order valence-electron chi connectivity index (χ4n) is 4.54. The molecule has 1 aliphatic carbocycles. The number of aromatic amines is 1. The lowest BCUT2D eigenvalue weighted by molar-refractivity contribution is 0.0696. The van der Waals surface area contributed by atoms with E-state index in [2.05, 4.69) is 9.97 Å². The molecule has 0 saturated heterocycles. The molecule has 6 heteroatoms. The summed E-state index contributed by atoms with van der Waals surface area (Å²) in [4.78, 5) is 19.0. The lowest BCUT2D eigenvalue weighted by Crippen LogP contribution is -2.23. The van der Waals surface area contributed by atoms with Crippen molar-refractivity contribution in [2.24, 2.45) is 5.92 Å². The van der Waals surface area contributed by atoms with Gasteiger partial charge in [-0.2, -0.15) is 0 Å². The van der Waals surface area contributed by atoms with E-state index in [1.807, 2.05) is 32.1 Å². The number of hydrogen-bond donors (Lipinski definition) is 3. The van der Waals surface area contributed by atoms with Crippen LogP contribution in [0.3, 0.4) is 0 Å². The molecule has 3 rings (SSSR count). The zero-order chi connectivity index (χ0) is 24.2. The van der Waals surface area contributed by atoms with Gasteiger partial charge in [-0.25, -0.2) is 14.2 Å². The van der Waals surface area contributed by atoms with Crippen LogP contribution in [0.25, 0.3) is 11.0 Å². The molecule has 0 aliphatic heterocycles. The van der Waals surface area contributed by atoms with Gasteiger partial charge in [0.1, 0.15) is 5.65 Å². The summed E-state index contributed by atoms with van der Waals surface area (Å²) in [6, 6.07) is 3.54. The zero-order valence-corrected chi connectivity index (χ0v) is 20.0. The molecule has 0 amide bonds. The van der Waals surface area contributed by atoms with Crippen LogP contribution >= 0.6 is 0 Å². The van der Waals surface area contributed by atoms with Gasteiger partial charge >= 0.3 is 5.97 Å². The lowest BCUT2D eigenvalue weighted by Gasteiger charge is -2.23. The second-order valence-corrected chi connectivity index (χ2v) is 9.51. The molecule has 0 aromatic carbocycles. The van der Waals surface area contributed by atoms with Crippen LogP contribution < -0.4 is 0 Å². The molecule has 1 fully saturated rings. The second kappa shape index (κ2) is 10.5. The van der Waals surface area contributed by atoms with Crippen molar-refractivity contribution < 1.29 is 19.4 Å². The first-order valence-corrected chi connectivity index (χ1v) is 11.8. The van der Waals surface area contributed by atoms with E-state index in [-0.39, 0.29) is 17.3 Å². The number of aromatic nitrogens is 2. The molecule has 33 heavy (non-hydrogen) atoms. The summed E-state index contributed by atoms with van der Waals surface area (Å²) < 4.78 is 14.2. The van der Waals surface area contributed by atoms with E-state index in [4.69, 9.17) is 0 Å². The van der Waals surface area contributed by atoms with E-state index in [9.17, 15) is 19.4 Å². The number of allylic oxidation sites excluding steroid dienone is 5. The third-order valence-corrected chi connectivity index (χ3v) is 6.99. The molecule has 2 atom stereocenters. The first-order chi connectivity index (χ1) is 15.6. The van der Waals surface area contributed by atoms with E-state index in [0.29, 0.717) is 18.0 Å². The summed E-state index contributed by atoms with van der Waals surface area (Å²) in [5, 5.41) is 20.6. The molecule has 0 spiro atoms. The molecule has 178 valence electrons. The third-order valence-electron chi connectivity index (χ3n) is 6.99. The monoisotopic (exact) mass is 454 g/mol. The number of aromatic carboxylic acids is 1. The number of aliphatic hydroxyl groups is 1. The molecule has 1 unspecified atom stereocenters. The third kappa shape index (κ3) is 6.20. The molecular formula is C27H35FN2O3. The number of rotatable bonds is 9. The number of hydrogen-bond acceptors (Lipinski definition) is 3. The van der Waals surface area contributed by atoms with E-state index >= 15 is 0 Å². The predicted octanol–water partition coefficient (Wildman–Crippen LogP) is 6.83. The average molecular weight is 455 g/mol. The number of H-pyrrole nitrogens is 1. The van der Waals surface area contributed by atoms with Gasteiger partial charge in [-0.3, -0.25) is 0 Å². The van der Waals surface area contributed by atoms with Crippen LogP contribution in [-0.4, -0.2) is 31.8 Å². The minimum absolute atomic E-state index is 0.100. The van der Waals surface area contributed by atoms with E-state index in [1.165, 1.54) is 26.0 Å². The van der Waals surface area contributed by atoms with Crippen LogP contribution in [0.5, 0.6) is 0 Å². The summed E-state index contributed by atoms with van der Waals surface area (Å²) in [6.45, 7) is 7.03. The highest BCUT2D eigenvalue weighted by Crippen LogP contribution is 2.39. The van der Waals surface area contributed by atoms with Crippen LogP contribution in [0.4, 0.5) is 4.39 Å². The highest BCUT2D eigenvalue weighted by Gasteiger charge is 2.26. The largest absolute Gasteiger partial charge is 0.478 e. The molecule has 5 nitrogen and oxygen atoms in total. The topological polar surface area (TPSA) is 86.2 Å². The summed E-state index contributed by atoms with van der Waals surface area (Å²) in [5.41, 5.74) is 2.36. The van der Waals surface area contributed by atoms with Gasteiger partial charge in [0, 0.05) is 23.2 Å². The zero-order valence-electron chi connectivity index (χ0n) is 20.0. The fourth-order valence-corrected chi connectivity index (χ4v) is 4.54. The number of carboxylic acids is 1. The average Bonchev–Trinajstić information content (AvgIpc) is 3.43. The van der Waals surface area contributed by atoms with Gasteiger partial charge in [0.25, 0.3) is 0 Å². The number of pyridine rings is 1. The minimum atomic E-state index is -1.02. The molecule has 1 aliphatic rings. The van der Waals surface area contributed by atoms with Crippen molar-refractivity contribution in [3.8, 4) is 0 Å². The number of halogens is 1. The highest BCUT2D eigenvalue weighted by molar-refractivity contribution is 5.92. The van der Waals surface area contributed by atoms with Gasteiger partial charge in [0.2, 0.25) is 0 Å². The van der Waals surface area contributed by atoms with Gasteiger partial charge in [-0.05, 0) is 68.9 Å². The maximum Gasteiger partial charge on any atom is 0.337 e. The van der Waals surface area contributed by atoms with Crippen molar-refractivity contribution in [1.82, 2.24) is 9.97 Å². The fraction of sp³-hybridized carbons (Fsp3) is 0.481. The van der Waals surface area contributed by atoms with Crippen LogP contribution in [0.15, 0.2) is 53.5 Å². The standard InChI is InChI=1S/C27H35FN2O3/c1-5-27(4,33)17(2)10-11-20(12-18(3)28)23(13-19-8-6-7-9-19)24-15-21-14-22(26(31)32)16-29-25(21)30-24/h10-12,14-16,19,23,33H,5-9,13H2,1-4H3,(H,29,30)(H,31,32)/b17-10+,18-12+,20-11+/t23-,27?/m1/s1. The van der Waals surface area contributed by atoms with Crippen molar-refractivity contribution in [1.29, 1.82) is 0 Å². The Balaban J connectivity index is 2.09. The van der Waals surface area contributed by atoms with Gasteiger partial charge in [0.15, 0.2) is 0 Å². The van der Waals surface area contributed by atoms with Crippen molar-refractivity contribution in [2.75, 3.05) is 0 Å². The summed E-state index contributed by atoms with van der Waals surface area (Å²) in [6.07, 6.45) is 12.9. The van der Waals surface area contributed by atoms with Crippen molar-refractivity contribution >= 4 is 17.0 Å². The van der Waals surface area contributed by atoms with E-state index in [1.54, 1.807) is 19.1 Å². The first-order valence-electron chi connectivity index (χ1n) is 11.8. The van der Waals surface area contributed by atoms with Gasteiger partial charge in [-0.1, -0.05) is 44.8 Å². The van der Waals surface area contributed by atoms with Gasteiger partial charge < -0.3 is 15.2 Å². The molecular weight excluding hydrogens is 419 g/mol. The molecule has 0 radical (unpaired) electrons. The molecule has 2 aromatic rings. The summed E-state index contributed by atoms with van der Waals surface area (Å²) in [5.74, 6) is -0.857. The Bertz CT molecular complexity index is 1080. The highest BCUT2D eigenvalue weighted by atomic mass is 19.1. The number of nitrogens with one attached hydrogen (secondary N) is 1. The normalized spacial score (nSPS) is 19.2. The smallest absolute Gasteiger partial charge is 0.337 e. The molecule has 0 bridgehead atoms. The summed E-state index contributed by atoms with van der Waals surface area (Å²) >= 11 is 0. The number of carbonyl (C=O) groups is 1. The maximum absolute atomic E-state index is 14.2. The maximum atomic E-state index is 14.2. The Labute approximate surface area is 195 Å². The van der Waals surface area contributed by atoms with Crippen molar-refractivity contribution in [3.05, 3.63) is 64.8 Å². The molecule has 2 aromatic heterocycles. The predicted molar refractivity (Wildman–Crippen MR) is 130 cm³/mol. The SMILES string of the molecule is CCC(C)(O)/C(C)=C/C=C(\C=C(/C)F)[C@@H](CC1CCCC1)c1cc2cc(C(=O)O)cnc2[nH]1. The number of fused-ring (bicyclic) bond motifs is 1. The molecule has 2 heterocycles. The Morgan fingerprint density at radius 1 is 1.30 bits per heavy atom.